The van der Waals surface area contributed by atoms with E-state index in [1.54, 1.807) is 0 Å². The molecule has 0 aromatic rings. The summed E-state index contributed by atoms with van der Waals surface area (Å²) in [5.41, 5.74) is 2.99. The minimum Gasteiger partial charge on any atom is -0.338 e. The predicted molar refractivity (Wildman–Crippen MR) is 109 cm³/mol. The fraction of sp³-hybridized carbons (Fsp3) is 0.800. The molecular weight excluding hydrogens is 310 g/mol. The first kappa shape index (κ1) is 20.1. The molecule has 0 aliphatic carbocycles. The summed E-state index contributed by atoms with van der Waals surface area (Å²) in [7, 11) is 0. The van der Waals surface area contributed by atoms with Gasteiger partial charge in [0.2, 0.25) is 5.96 Å². The van der Waals surface area contributed by atoms with Gasteiger partial charge in [0.15, 0.2) is 0 Å². The third-order valence-electron chi connectivity index (χ3n) is 5.38. The van der Waals surface area contributed by atoms with Crippen LogP contribution in [0.15, 0.2) is 21.3 Å². The van der Waals surface area contributed by atoms with E-state index >= 15 is 0 Å². The van der Waals surface area contributed by atoms with Gasteiger partial charge in [-0.1, -0.05) is 0 Å². The van der Waals surface area contributed by atoms with Crippen molar-refractivity contribution in [1.82, 2.24) is 14.7 Å². The van der Waals surface area contributed by atoms with Gasteiger partial charge in [-0.05, 0) is 60.8 Å². The third kappa shape index (κ3) is 5.14. The smallest absolute Gasteiger partial charge is 0.225 e. The Morgan fingerprint density at radius 2 is 1.44 bits per heavy atom. The highest BCUT2D eigenvalue weighted by molar-refractivity contribution is 5.85. The zero-order chi connectivity index (χ0) is 18.8. The van der Waals surface area contributed by atoms with Gasteiger partial charge in [0.25, 0.3) is 0 Å². The Bertz CT molecular complexity index is 539. The number of aliphatic imine (C=N–C) groups is 2. The van der Waals surface area contributed by atoms with Crippen molar-refractivity contribution in [2.75, 3.05) is 39.3 Å². The molecule has 0 aromatic carbocycles. The molecule has 2 aliphatic heterocycles. The molecule has 1 saturated heterocycles. The molecule has 2 heterocycles. The van der Waals surface area contributed by atoms with Gasteiger partial charge in [-0.3, -0.25) is 9.80 Å². The normalized spacial score (nSPS) is 22.5. The van der Waals surface area contributed by atoms with Crippen LogP contribution in [-0.4, -0.2) is 77.7 Å². The van der Waals surface area contributed by atoms with Gasteiger partial charge < -0.3 is 4.90 Å². The van der Waals surface area contributed by atoms with Crippen molar-refractivity contribution >= 4 is 12.7 Å². The van der Waals surface area contributed by atoms with E-state index in [0.29, 0.717) is 0 Å². The summed E-state index contributed by atoms with van der Waals surface area (Å²) < 4.78 is 0. The summed E-state index contributed by atoms with van der Waals surface area (Å²) in [6.45, 7) is 25.7. The van der Waals surface area contributed by atoms with Crippen LogP contribution in [0.4, 0.5) is 0 Å². The Labute approximate surface area is 154 Å². The van der Waals surface area contributed by atoms with Crippen molar-refractivity contribution in [3.05, 3.63) is 11.3 Å². The Morgan fingerprint density at radius 1 is 0.880 bits per heavy atom. The number of guanidine groups is 1. The first-order chi connectivity index (χ1) is 11.5. The Balaban J connectivity index is 2.07. The van der Waals surface area contributed by atoms with Gasteiger partial charge in [-0.2, -0.15) is 0 Å². The fourth-order valence-electron chi connectivity index (χ4n) is 3.54. The maximum atomic E-state index is 4.91. The third-order valence-corrected chi connectivity index (χ3v) is 5.38. The lowest BCUT2D eigenvalue weighted by Crippen LogP contribution is -2.54. The van der Waals surface area contributed by atoms with E-state index in [2.05, 4.69) is 74.9 Å². The quantitative estimate of drug-likeness (QED) is 0.539. The van der Waals surface area contributed by atoms with Crippen molar-refractivity contribution in [3.8, 4) is 0 Å². The van der Waals surface area contributed by atoms with E-state index in [4.69, 9.17) is 4.99 Å². The van der Waals surface area contributed by atoms with Crippen molar-refractivity contribution in [3.63, 3.8) is 0 Å². The van der Waals surface area contributed by atoms with Crippen LogP contribution in [0, 0.1) is 0 Å². The van der Waals surface area contributed by atoms with Crippen molar-refractivity contribution in [2.45, 2.75) is 66.0 Å². The number of piperazine rings is 1. The number of hydrogen-bond donors (Lipinski definition) is 0. The van der Waals surface area contributed by atoms with Crippen molar-refractivity contribution in [1.29, 1.82) is 0 Å². The Hall–Kier alpha value is -1.20. The molecular formula is C20H37N5. The molecule has 1 fully saturated rings. The summed E-state index contributed by atoms with van der Waals surface area (Å²) in [5.74, 6) is 0.798. The van der Waals surface area contributed by atoms with Crippen LogP contribution in [0.25, 0.3) is 0 Å². The Morgan fingerprint density at radius 3 is 1.88 bits per heavy atom. The van der Waals surface area contributed by atoms with Crippen molar-refractivity contribution in [2.24, 2.45) is 9.98 Å². The summed E-state index contributed by atoms with van der Waals surface area (Å²) >= 11 is 0. The van der Waals surface area contributed by atoms with Crippen molar-refractivity contribution < 1.29 is 0 Å². The highest BCUT2D eigenvalue weighted by Crippen LogP contribution is 2.25. The monoisotopic (exact) mass is 347 g/mol. The van der Waals surface area contributed by atoms with Crippen LogP contribution in [0.1, 0.15) is 54.9 Å². The van der Waals surface area contributed by atoms with Gasteiger partial charge in [-0.15, -0.1) is 0 Å². The molecule has 0 saturated carbocycles. The minimum absolute atomic E-state index is 0.208. The van der Waals surface area contributed by atoms with Crippen LogP contribution in [0.5, 0.6) is 0 Å². The molecule has 0 unspecified atom stereocenters. The molecule has 0 radical (unpaired) electrons. The predicted octanol–water partition coefficient (Wildman–Crippen LogP) is 3.24. The number of rotatable bonds is 1. The molecule has 0 aromatic heterocycles. The average Bonchev–Trinajstić information content (AvgIpc) is 2.52. The van der Waals surface area contributed by atoms with Crippen LogP contribution < -0.4 is 0 Å². The van der Waals surface area contributed by atoms with E-state index in [0.717, 1.165) is 51.6 Å². The second-order valence-corrected chi connectivity index (χ2v) is 9.28. The highest BCUT2D eigenvalue weighted by atomic mass is 15.3. The van der Waals surface area contributed by atoms with Crippen LogP contribution in [-0.2, 0) is 0 Å². The van der Waals surface area contributed by atoms with Gasteiger partial charge >= 0.3 is 0 Å². The van der Waals surface area contributed by atoms with E-state index in [-0.39, 0.29) is 11.1 Å². The van der Waals surface area contributed by atoms with E-state index < -0.39 is 0 Å². The first-order valence-electron chi connectivity index (χ1n) is 9.51. The highest BCUT2D eigenvalue weighted by Gasteiger charge is 2.28. The summed E-state index contributed by atoms with van der Waals surface area (Å²) in [5, 5.41) is 0. The molecule has 0 spiro atoms. The lowest BCUT2D eigenvalue weighted by molar-refractivity contribution is 0.0879. The van der Waals surface area contributed by atoms with Gasteiger partial charge in [0.1, 0.15) is 0 Å². The number of nitrogens with zero attached hydrogens (tertiary/aromatic N) is 5. The summed E-state index contributed by atoms with van der Waals surface area (Å²) in [4.78, 5) is 16.5. The molecule has 25 heavy (non-hydrogen) atoms. The lowest BCUT2D eigenvalue weighted by Gasteiger charge is -2.42. The first-order valence-corrected chi connectivity index (χ1v) is 9.51. The molecule has 2 rings (SSSR count). The molecule has 2 aliphatic rings. The second kappa shape index (κ2) is 7.58. The molecule has 142 valence electrons. The number of hydrogen-bond acceptors (Lipinski definition) is 3. The molecule has 5 nitrogen and oxygen atoms in total. The van der Waals surface area contributed by atoms with Crippen LogP contribution in [0.2, 0.25) is 0 Å². The average molecular weight is 348 g/mol. The maximum absolute atomic E-state index is 4.91. The zero-order valence-electron chi connectivity index (χ0n) is 17.4. The molecule has 0 atom stereocenters. The SMILES string of the molecule is C=NC(=NC1=C(C)CN(C(C)(C)C)CC1)N1CCN(C(C)(C)C)CC1. The van der Waals surface area contributed by atoms with Gasteiger partial charge in [0, 0.05) is 62.5 Å². The zero-order valence-corrected chi connectivity index (χ0v) is 17.4. The standard InChI is InChI=1S/C20H37N5/c1-16-15-25(20(5,6)7)10-9-17(16)22-18(21-8)23-11-13-24(14-12-23)19(2,3)4/h8-15H2,1-7H3. The van der Waals surface area contributed by atoms with Crippen LogP contribution in [0.3, 0.4) is 0 Å². The van der Waals surface area contributed by atoms with E-state index in [1.165, 1.54) is 11.3 Å². The molecule has 0 N–H and O–H groups in total. The summed E-state index contributed by atoms with van der Waals surface area (Å²) in [6.07, 6.45) is 0.990. The molecule has 5 heteroatoms. The van der Waals surface area contributed by atoms with Crippen LogP contribution >= 0.6 is 0 Å². The summed E-state index contributed by atoms with van der Waals surface area (Å²) in [6, 6.07) is 0. The maximum Gasteiger partial charge on any atom is 0.225 e. The largest absolute Gasteiger partial charge is 0.338 e. The lowest BCUT2D eigenvalue weighted by atomic mass is 9.99. The van der Waals surface area contributed by atoms with E-state index in [1.807, 2.05) is 0 Å². The minimum atomic E-state index is 0.208. The van der Waals surface area contributed by atoms with E-state index in [9.17, 15) is 0 Å². The van der Waals surface area contributed by atoms with Gasteiger partial charge in [-0.25, -0.2) is 9.98 Å². The van der Waals surface area contributed by atoms with Gasteiger partial charge in [0.05, 0.1) is 0 Å². The molecule has 0 bridgehead atoms. The molecule has 0 amide bonds. The Kier molecular flexibility index (Phi) is 6.10. The fourth-order valence-corrected chi connectivity index (χ4v) is 3.54. The topological polar surface area (TPSA) is 34.4 Å². The second-order valence-electron chi connectivity index (χ2n) is 9.28.